The Labute approximate surface area is 124 Å². The number of nitrogens with zero attached hydrogens (tertiary/aromatic N) is 1. The summed E-state index contributed by atoms with van der Waals surface area (Å²) in [7, 11) is -3.80. The molecule has 2 N–H and O–H groups in total. The van der Waals surface area contributed by atoms with Crippen LogP contribution in [0.1, 0.15) is 30.3 Å². The molecule has 0 saturated carbocycles. The van der Waals surface area contributed by atoms with E-state index in [1.54, 1.807) is 0 Å². The van der Waals surface area contributed by atoms with E-state index in [-0.39, 0.29) is 16.8 Å². The van der Waals surface area contributed by atoms with Crippen molar-refractivity contribution in [2.75, 3.05) is 26.2 Å². The van der Waals surface area contributed by atoms with Gasteiger partial charge < -0.3 is 14.4 Å². The average molecular weight is 316 g/mol. The summed E-state index contributed by atoms with van der Waals surface area (Å²) in [5, 5.41) is 8.36. The number of rotatable bonds is 7. The third kappa shape index (κ3) is 4.29. The van der Waals surface area contributed by atoms with Crippen LogP contribution in [0.5, 0.6) is 0 Å². The van der Waals surface area contributed by atoms with Crippen LogP contribution in [0.2, 0.25) is 0 Å². The molecular weight excluding hydrogens is 296 g/mol. The summed E-state index contributed by atoms with van der Waals surface area (Å²) in [4.78, 5) is 13.0. The van der Waals surface area contributed by atoms with Crippen molar-refractivity contribution in [3.63, 3.8) is 0 Å². The fraction of sp³-hybridized carbons (Fsp3) is 0.615. The second-order valence-electron chi connectivity index (χ2n) is 5.39. The lowest BCUT2D eigenvalue weighted by Crippen LogP contribution is -2.34. The lowest BCUT2D eigenvalue weighted by molar-refractivity contribution is 0.0656. The topological polar surface area (TPSA) is 99.8 Å². The molecule has 0 amide bonds. The number of likely N-dealkylation sites (tertiary alicyclic amines) is 1. The lowest BCUT2D eigenvalue weighted by atomic mass is 10.2. The van der Waals surface area contributed by atoms with Crippen LogP contribution in [0.25, 0.3) is 0 Å². The highest BCUT2D eigenvalue weighted by molar-refractivity contribution is 7.89. The predicted octanol–water partition coefficient (Wildman–Crippen LogP) is 0.988. The molecule has 0 radical (unpaired) electrons. The molecule has 1 unspecified atom stereocenters. The highest BCUT2D eigenvalue weighted by Crippen LogP contribution is 2.14. The summed E-state index contributed by atoms with van der Waals surface area (Å²) in [5.41, 5.74) is 0. The molecule has 7 nitrogen and oxygen atoms in total. The predicted molar refractivity (Wildman–Crippen MR) is 75.7 cm³/mol. The average Bonchev–Trinajstić information content (AvgIpc) is 3.07. The molecule has 1 aliphatic heterocycles. The number of nitrogens with one attached hydrogen (secondary N) is 1. The Kier molecular flexibility index (Phi) is 5.02. The molecule has 1 aliphatic rings. The van der Waals surface area contributed by atoms with E-state index in [1.165, 1.54) is 12.8 Å². The van der Waals surface area contributed by atoms with Crippen LogP contribution >= 0.6 is 0 Å². The molecule has 2 heterocycles. The maximum Gasteiger partial charge on any atom is 0.371 e. The van der Waals surface area contributed by atoms with Crippen LogP contribution in [0.15, 0.2) is 21.6 Å². The van der Waals surface area contributed by atoms with Gasteiger partial charge in [-0.3, -0.25) is 0 Å². The van der Waals surface area contributed by atoms with Crippen molar-refractivity contribution in [2.24, 2.45) is 5.92 Å². The van der Waals surface area contributed by atoms with Crippen LogP contribution in [0.3, 0.4) is 0 Å². The summed E-state index contributed by atoms with van der Waals surface area (Å²) < 4.78 is 31.3. The number of carboxylic acids is 1. The van der Waals surface area contributed by atoms with Gasteiger partial charge >= 0.3 is 5.97 Å². The van der Waals surface area contributed by atoms with E-state index < -0.39 is 16.0 Å². The SMILES string of the molecule is CC(CNS(=O)(=O)c1ccc(C(=O)O)o1)CN1CCCC1. The van der Waals surface area contributed by atoms with Gasteiger partial charge in [0.25, 0.3) is 10.0 Å². The van der Waals surface area contributed by atoms with E-state index in [0.29, 0.717) is 6.54 Å². The molecule has 0 aromatic carbocycles. The van der Waals surface area contributed by atoms with Crippen molar-refractivity contribution in [3.8, 4) is 0 Å². The molecule has 0 aliphatic carbocycles. The fourth-order valence-corrected chi connectivity index (χ4v) is 3.47. The Morgan fingerprint density at radius 2 is 2.10 bits per heavy atom. The summed E-state index contributed by atoms with van der Waals surface area (Å²) in [5.74, 6) is -1.51. The molecule has 0 spiro atoms. The van der Waals surface area contributed by atoms with Crippen LogP contribution < -0.4 is 4.72 Å². The summed E-state index contributed by atoms with van der Waals surface area (Å²) in [6.07, 6.45) is 2.39. The number of sulfonamides is 1. The number of carbonyl (C=O) groups is 1. The number of carboxylic acid groups (broad SMARTS) is 1. The fourth-order valence-electron chi connectivity index (χ4n) is 2.37. The maximum atomic E-state index is 12.0. The molecule has 21 heavy (non-hydrogen) atoms. The van der Waals surface area contributed by atoms with E-state index in [9.17, 15) is 13.2 Å². The molecular formula is C13H20N2O5S. The van der Waals surface area contributed by atoms with Crippen LogP contribution in [-0.2, 0) is 10.0 Å². The van der Waals surface area contributed by atoms with Gasteiger partial charge in [0.05, 0.1) is 0 Å². The third-order valence-electron chi connectivity index (χ3n) is 3.45. The Morgan fingerprint density at radius 1 is 1.43 bits per heavy atom. The van der Waals surface area contributed by atoms with Crippen molar-refractivity contribution in [1.29, 1.82) is 0 Å². The van der Waals surface area contributed by atoms with Crippen molar-refractivity contribution < 1.29 is 22.7 Å². The summed E-state index contributed by atoms with van der Waals surface area (Å²) >= 11 is 0. The zero-order valence-corrected chi connectivity index (χ0v) is 12.7. The van der Waals surface area contributed by atoms with Gasteiger partial charge in [-0.15, -0.1) is 0 Å². The van der Waals surface area contributed by atoms with Gasteiger partial charge in [-0.05, 0) is 44.0 Å². The van der Waals surface area contributed by atoms with Gasteiger partial charge in [0.2, 0.25) is 10.9 Å². The molecule has 118 valence electrons. The number of hydrogen-bond donors (Lipinski definition) is 2. The number of hydrogen-bond acceptors (Lipinski definition) is 5. The molecule has 0 bridgehead atoms. The van der Waals surface area contributed by atoms with Crippen molar-refractivity contribution in [1.82, 2.24) is 9.62 Å². The molecule has 1 aromatic heterocycles. The van der Waals surface area contributed by atoms with Gasteiger partial charge in [0.15, 0.2) is 0 Å². The second kappa shape index (κ2) is 6.59. The second-order valence-corrected chi connectivity index (χ2v) is 7.09. The first-order chi connectivity index (χ1) is 9.88. The Morgan fingerprint density at radius 3 is 2.67 bits per heavy atom. The van der Waals surface area contributed by atoms with Crippen LogP contribution in [-0.4, -0.2) is 50.6 Å². The molecule has 8 heteroatoms. The van der Waals surface area contributed by atoms with Crippen LogP contribution in [0, 0.1) is 5.92 Å². The Bertz CT molecular complexity index is 589. The first-order valence-electron chi connectivity index (χ1n) is 6.93. The van der Waals surface area contributed by atoms with Crippen molar-refractivity contribution in [3.05, 3.63) is 17.9 Å². The molecule has 1 fully saturated rings. The zero-order valence-electron chi connectivity index (χ0n) is 11.9. The van der Waals surface area contributed by atoms with Crippen LogP contribution in [0.4, 0.5) is 0 Å². The molecule has 2 rings (SSSR count). The van der Waals surface area contributed by atoms with Gasteiger partial charge in [0.1, 0.15) is 0 Å². The van der Waals surface area contributed by atoms with E-state index >= 15 is 0 Å². The highest BCUT2D eigenvalue weighted by Gasteiger charge is 2.22. The maximum absolute atomic E-state index is 12.0. The zero-order chi connectivity index (χ0) is 15.5. The van der Waals surface area contributed by atoms with Crippen molar-refractivity contribution >= 4 is 16.0 Å². The van der Waals surface area contributed by atoms with E-state index in [4.69, 9.17) is 9.52 Å². The van der Waals surface area contributed by atoms with Gasteiger partial charge in [-0.1, -0.05) is 6.92 Å². The summed E-state index contributed by atoms with van der Waals surface area (Å²) in [6.45, 7) is 5.25. The normalized spacial score (nSPS) is 18.0. The minimum atomic E-state index is -3.80. The highest BCUT2D eigenvalue weighted by atomic mass is 32.2. The Hall–Kier alpha value is -1.38. The molecule has 1 aromatic rings. The lowest BCUT2D eigenvalue weighted by Gasteiger charge is -2.20. The smallest absolute Gasteiger partial charge is 0.371 e. The van der Waals surface area contributed by atoms with Gasteiger partial charge in [0, 0.05) is 13.1 Å². The summed E-state index contributed by atoms with van der Waals surface area (Å²) in [6, 6.07) is 2.28. The van der Waals surface area contributed by atoms with Gasteiger partial charge in [-0.2, -0.15) is 0 Å². The van der Waals surface area contributed by atoms with Gasteiger partial charge in [-0.25, -0.2) is 17.9 Å². The Balaban J connectivity index is 1.89. The minimum absolute atomic E-state index is 0.173. The number of furan rings is 1. The van der Waals surface area contributed by atoms with Crippen molar-refractivity contribution in [2.45, 2.75) is 24.9 Å². The van der Waals surface area contributed by atoms with E-state index in [1.807, 2.05) is 6.92 Å². The molecule has 1 atom stereocenters. The standard InChI is InChI=1S/C13H20N2O5S/c1-10(9-15-6-2-3-7-15)8-14-21(18,19)12-5-4-11(20-12)13(16)17/h4-5,10,14H,2-3,6-9H2,1H3,(H,16,17). The third-order valence-corrected chi connectivity index (χ3v) is 4.74. The molecule has 1 saturated heterocycles. The largest absolute Gasteiger partial charge is 0.475 e. The first kappa shape index (κ1) is 16.0. The van der Waals surface area contributed by atoms with E-state index in [0.717, 1.165) is 31.8 Å². The monoisotopic (exact) mass is 316 g/mol. The minimum Gasteiger partial charge on any atom is -0.475 e. The number of aromatic carboxylic acids is 1. The quantitative estimate of drug-likeness (QED) is 0.778. The first-order valence-corrected chi connectivity index (χ1v) is 8.42. The van der Waals surface area contributed by atoms with E-state index in [2.05, 4.69) is 9.62 Å².